The summed E-state index contributed by atoms with van der Waals surface area (Å²) in [7, 11) is 0. The summed E-state index contributed by atoms with van der Waals surface area (Å²) in [4.78, 5) is 3.97. The molecule has 2 aromatic rings. The number of hydrogen-bond donors (Lipinski definition) is 2. The van der Waals surface area contributed by atoms with E-state index in [1.54, 1.807) is 19.1 Å². The Morgan fingerprint density at radius 3 is 2.57 bits per heavy atom. The second-order valence-corrected chi connectivity index (χ2v) is 5.67. The monoisotopic (exact) mass is 363 g/mol. The van der Waals surface area contributed by atoms with E-state index in [0.29, 0.717) is 16.3 Å². The van der Waals surface area contributed by atoms with Gasteiger partial charge in [-0.25, -0.2) is 4.98 Å². The lowest BCUT2D eigenvalue weighted by Crippen LogP contribution is -2.02. The van der Waals surface area contributed by atoms with E-state index in [0.717, 1.165) is 0 Å². The lowest BCUT2D eigenvalue weighted by atomic mass is 10.1. The first kappa shape index (κ1) is 16.2. The zero-order valence-corrected chi connectivity index (χ0v) is 13.7. The van der Waals surface area contributed by atoms with Crippen molar-refractivity contribution in [2.24, 2.45) is 5.10 Å². The Bertz CT molecular complexity index is 719. The molecule has 0 bridgehead atoms. The average molecular weight is 365 g/mol. The molecular weight excluding hydrogens is 356 g/mol. The number of halogens is 4. The molecule has 0 spiro atoms. The van der Waals surface area contributed by atoms with Crippen molar-refractivity contribution in [2.75, 3.05) is 5.43 Å². The van der Waals surface area contributed by atoms with E-state index >= 15 is 0 Å². The van der Waals surface area contributed by atoms with Crippen molar-refractivity contribution in [3.8, 4) is 5.75 Å². The van der Waals surface area contributed by atoms with Crippen LogP contribution in [0.15, 0.2) is 29.4 Å². The second-order valence-electron chi connectivity index (χ2n) is 4.06. The summed E-state index contributed by atoms with van der Waals surface area (Å²) in [5.74, 6) is 0.322. The Morgan fingerprint density at radius 1 is 1.14 bits per heavy atom. The van der Waals surface area contributed by atoms with E-state index in [-0.39, 0.29) is 26.8 Å². The number of hydrazone groups is 1. The molecule has 1 aromatic carbocycles. The summed E-state index contributed by atoms with van der Waals surface area (Å²) in [5.41, 5.74) is 3.66. The number of aromatic hydroxyl groups is 1. The smallest absolute Gasteiger partial charge is 0.166 e. The molecule has 0 saturated carbocycles. The predicted molar refractivity (Wildman–Crippen MR) is 88.2 cm³/mol. The molecule has 110 valence electrons. The molecule has 4 nitrogen and oxygen atoms in total. The van der Waals surface area contributed by atoms with E-state index < -0.39 is 0 Å². The largest absolute Gasteiger partial charge is 0.507 e. The van der Waals surface area contributed by atoms with Crippen molar-refractivity contribution in [3.63, 3.8) is 0 Å². The average Bonchev–Trinajstić information content (AvgIpc) is 2.43. The van der Waals surface area contributed by atoms with Crippen LogP contribution in [0.5, 0.6) is 5.75 Å². The molecule has 0 saturated heterocycles. The van der Waals surface area contributed by atoms with Gasteiger partial charge in [-0.2, -0.15) is 5.10 Å². The van der Waals surface area contributed by atoms with Crippen LogP contribution in [-0.4, -0.2) is 15.8 Å². The number of phenols is 1. The fourth-order valence-electron chi connectivity index (χ4n) is 1.52. The molecule has 21 heavy (non-hydrogen) atoms. The Kier molecular flexibility index (Phi) is 5.17. The molecule has 0 aliphatic carbocycles. The fourth-order valence-corrected chi connectivity index (χ4v) is 2.23. The lowest BCUT2D eigenvalue weighted by Gasteiger charge is -2.07. The first-order valence-electron chi connectivity index (χ1n) is 5.69. The Hall–Kier alpha value is -1.20. The third-order valence-electron chi connectivity index (χ3n) is 2.56. The summed E-state index contributed by atoms with van der Waals surface area (Å²) >= 11 is 23.5. The Labute approximate surface area is 141 Å². The van der Waals surface area contributed by atoms with Crippen LogP contribution in [0.25, 0.3) is 0 Å². The van der Waals surface area contributed by atoms with Crippen molar-refractivity contribution in [1.82, 2.24) is 4.98 Å². The van der Waals surface area contributed by atoms with Gasteiger partial charge in [-0.15, -0.1) is 0 Å². The van der Waals surface area contributed by atoms with E-state index in [2.05, 4.69) is 15.5 Å². The summed E-state index contributed by atoms with van der Waals surface area (Å²) in [5, 5.41) is 15.0. The number of aromatic nitrogens is 1. The van der Waals surface area contributed by atoms with Gasteiger partial charge >= 0.3 is 0 Å². The highest BCUT2D eigenvalue weighted by molar-refractivity contribution is 6.42. The highest BCUT2D eigenvalue weighted by Gasteiger charge is 2.09. The highest BCUT2D eigenvalue weighted by atomic mass is 35.5. The van der Waals surface area contributed by atoms with Crippen LogP contribution in [0.3, 0.4) is 0 Å². The quantitative estimate of drug-likeness (QED) is 0.445. The van der Waals surface area contributed by atoms with Gasteiger partial charge in [-0.05, 0) is 31.2 Å². The Balaban J connectivity index is 2.29. The molecule has 0 radical (unpaired) electrons. The molecule has 2 rings (SSSR count). The van der Waals surface area contributed by atoms with E-state index in [1.165, 1.54) is 12.1 Å². The number of anilines is 1. The number of hydrogen-bond acceptors (Lipinski definition) is 4. The van der Waals surface area contributed by atoms with Crippen LogP contribution >= 0.6 is 46.4 Å². The zero-order chi connectivity index (χ0) is 15.6. The summed E-state index contributed by atoms with van der Waals surface area (Å²) in [6.07, 6.45) is 0. The summed E-state index contributed by atoms with van der Waals surface area (Å²) < 4.78 is 0. The summed E-state index contributed by atoms with van der Waals surface area (Å²) in [6.45, 7) is 1.70. The van der Waals surface area contributed by atoms with Crippen LogP contribution in [0.4, 0.5) is 5.82 Å². The Morgan fingerprint density at radius 2 is 1.86 bits per heavy atom. The third-order valence-corrected chi connectivity index (χ3v) is 3.76. The molecule has 0 amide bonds. The van der Waals surface area contributed by atoms with Gasteiger partial charge in [0.05, 0.1) is 15.8 Å². The number of rotatable bonds is 3. The molecule has 1 heterocycles. The van der Waals surface area contributed by atoms with Crippen LogP contribution in [-0.2, 0) is 0 Å². The van der Waals surface area contributed by atoms with E-state index in [1.807, 2.05) is 0 Å². The van der Waals surface area contributed by atoms with Gasteiger partial charge in [0.15, 0.2) is 5.82 Å². The molecule has 0 fully saturated rings. The van der Waals surface area contributed by atoms with Crippen molar-refractivity contribution in [3.05, 3.63) is 50.0 Å². The fraction of sp³-hybridized carbons (Fsp3) is 0.0769. The standard InChI is InChI=1S/C13H9Cl4N3O/c1-6(8-4-7(14)2-3-11(8)21)19-20-13-10(16)5-9(15)12(17)18-13/h2-5,21H,1H3,(H,18,20)/b19-6+. The van der Waals surface area contributed by atoms with E-state index in [4.69, 9.17) is 46.4 Å². The lowest BCUT2D eigenvalue weighted by molar-refractivity contribution is 0.474. The van der Waals surface area contributed by atoms with Crippen LogP contribution in [0.2, 0.25) is 20.2 Å². The van der Waals surface area contributed by atoms with Crippen LogP contribution in [0, 0.1) is 0 Å². The van der Waals surface area contributed by atoms with Crippen molar-refractivity contribution in [2.45, 2.75) is 6.92 Å². The van der Waals surface area contributed by atoms with Crippen molar-refractivity contribution in [1.29, 1.82) is 0 Å². The second kappa shape index (κ2) is 6.71. The predicted octanol–water partition coefficient (Wildman–Crippen LogP) is 5.24. The van der Waals surface area contributed by atoms with E-state index in [9.17, 15) is 5.11 Å². The topological polar surface area (TPSA) is 57.5 Å². The van der Waals surface area contributed by atoms with Gasteiger partial charge in [0.1, 0.15) is 10.9 Å². The third kappa shape index (κ3) is 3.92. The van der Waals surface area contributed by atoms with Gasteiger partial charge < -0.3 is 5.11 Å². The highest BCUT2D eigenvalue weighted by Crippen LogP contribution is 2.29. The number of benzene rings is 1. The minimum atomic E-state index is 0.0654. The molecular formula is C13H9Cl4N3O. The normalized spacial score (nSPS) is 11.6. The number of phenolic OH excluding ortho intramolecular Hbond substituents is 1. The van der Waals surface area contributed by atoms with Gasteiger partial charge in [0.2, 0.25) is 0 Å². The molecule has 0 aliphatic rings. The van der Waals surface area contributed by atoms with Crippen molar-refractivity contribution < 1.29 is 5.11 Å². The molecule has 1 aromatic heterocycles. The first-order valence-corrected chi connectivity index (χ1v) is 7.20. The SMILES string of the molecule is C/C(=N\Nc1nc(Cl)c(Cl)cc1Cl)c1cc(Cl)ccc1O. The maximum absolute atomic E-state index is 9.79. The first-order chi connectivity index (χ1) is 9.88. The molecule has 0 atom stereocenters. The minimum Gasteiger partial charge on any atom is -0.507 e. The maximum atomic E-state index is 9.79. The van der Waals surface area contributed by atoms with Crippen molar-refractivity contribution >= 4 is 57.9 Å². The summed E-state index contributed by atoms with van der Waals surface area (Å²) in [6, 6.07) is 6.13. The van der Waals surface area contributed by atoms with Gasteiger partial charge in [0, 0.05) is 10.6 Å². The molecule has 0 aliphatic heterocycles. The van der Waals surface area contributed by atoms with Crippen LogP contribution < -0.4 is 5.43 Å². The van der Waals surface area contributed by atoms with Gasteiger partial charge in [-0.1, -0.05) is 46.4 Å². The number of nitrogens with one attached hydrogen (secondary N) is 1. The molecule has 8 heteroatoms. The molecule has 0 unspecified atom stereocenters. The maximum Gasteiger partial charge on any atom is 0.166 e. The van der Waals surface area contributed by atoms with Gasteiger partial charge in [-0.3, -0.25) is 5.43 Å². The van der Waals surface area contributed by atoms with Gasteiger partial charge in [0.25, 0.3) is 0 Å². The zero-order valence-electron chi connectivity index (χ0n) is 10.7. The molecule has 2 N–H and O–H groups in total. The number of nitrogens with zero attached hydrogens (tertiary/aromatic N) is 2. The minimum absolute atomic E-state index is 0.0654. The number of pyridine rings is 1. The van der Waals surface area contributed by atoms with Crippen LogP contribution in [0.1, 0.15) is 12.5 Å².